The van der Waals surface area contributed by atoms with Gasteiger partial charge in [0.1, 0.15) is 17.1 Å². The maximum atomic E-state index is 12.1. The zero-order valence-electron chi connectivity index (χ0n) is 16.1. The van der Waals surface area contributed by atoms with Crippen molar-refractivity contribution in [2.75, 3.05) is 14.2 Å². The van der Waals surface area contributed by atoms with Crippen LogP contribution in [0.4, 0.5) is 0 Å². The molecule has 1 unspecified atom stereocenters. The highest BCUT2D eigenvalue weighted by atomic mass is 16.6. The number of benzene rings is 2. The van der Waals surface area contributed by atoms with E-state index in [1.54, 1.807) is 38.3 Å². The zero-order chi connectivity index (χ0) is 20.5. The molecule has 0 fully saturated rings. The number of carbonyl (C=O) groups is 1. The van der Waals surface area contributed by atoms with Gasteiger partial charge >= 0.3 is 11.6 Å². The van der Waals surface area contributed by atoms with Gasteiger partial charge in [0.15, 0.2) is 17.4 Å². The van der Waals surface area contributed by atoms with Crippen molar-refractivity contribution in [3.63, 3.8) is 0 Å². The van der Waals surface area contributed by atoms with Crippen LogP contribution in [0.25, 0.3) is 33.3 Å². The summed E-state index contributed by atoms with van der Waals surface area (Å²) in [5, 5.41) is 1.45. The van der Waals surface area contributed by atoms with Gasteiger partial charge in [0.2, 0.25) is 0 Å². The van der Waals surface area contributed by atoms with Crippen molar-refractivity contribution in [3.8, 4) is 22.8 Å². The number of hydrogen-bond donors (Lipinski definition) is 0. The fraction of sp³-hybridized carbons (Fsp3) is 0.182. The van der Waals surface area contributed by atoms with E-state index >= 15 is 0 Å². The van der Waals surface area contributed by atoms with Crippen LogP contribution in [0.5, 0.6) is 11.5 Å². The number of fused-ring (bicyclic) bond motifs is 2. The van der Waals surface area contributed by atoms with E-state index in [4.69, 9.17) is 18.3 Å². The lowest BCUT2D eigenvalue weighted by Crippen LogP contribution is -2.24. The summed E-state index contributed by atoms with van der Waals surface area (Å²) in [4.78, 5) is 23.7. The van der Waals surface area contributed by atoms with Crippen molar-refractivity contribution in [2.45, 2.75) is 13.0 Å². The topological polar surface area (TPSA) is 88.1 Å². The standard InChI is InChI=1S/C22H18O7/c1-12(22(24)26-3)27-14-7-8-17-15(10-14)16(11-20(23)28-17)19-9-13-5-4-6-18(25-2)21(13)29-19/h4-12H,1-3H3. The Hall–Kier alpha value is -3.74. The SMILES string of the molecule is COC(=O)C(C)Oc1ccc2oc(=O)cc(-c3cc4cccc(OC)c4o3)c2c1. The molecule has 4 aromatic rings. The Balaban J connectivity index is 1.86. The van der Waals surface area contributed by atoms with Crippen molar-refractivity contribution in [2.24, 2.45) is 0 Å². The Labute approximate surface area is 165 Å². The van der Waals surface area contributed by atoms with Crippen LogP contribution < -0.4 is 15.1 Å². The molecule has 0 radical (unpaired) electrons. The van der Waals surface area contributed by atoms with E-state index in [9.17, 15) is 9.59 Å². The van der Waals surface area contributed by atoms with E-state index in [1.807, 2.05) is 18.2 Å². The first-order valence-electron chi connectivity index (χ1n) is 8.89. The van der Waals surface area contributed by atoms with E-state index < -0.39 is 17.7 Å². The van der Waals surface area contributed by atoms with Crippen LogP contribution in [0.2, 0.25) is 0 Å². The predicted octanol–water partition coefficient (Wildman–Crippen LogP) is 4.16. The fourth-order valence-electron chi connectivity index (χ4n) is 3.17. The van der Waals surface area contributed by atoms with Gasteiger partial charge in [-0.25, -0.2) is 9.59 Å². The Morgan fingerprint density at radius 1 is 1.03 bits per heavy atom. The smallest absolute Gasteiger partial charge is 0.346 e. The molecule has 0 aliphatic rings. The van der Waals surface area contributed by atoms with Crippen molar-refractivity contribution in [3.05, 3.63) is 59.0 Å². The maximum Gasteiger partial charge on any atom is 0.346 e. The highest BCUT2D eigenvalue weighted by molar-refractivity contribution is 5.96. The third-order valence-corrected chi connectivity index (χ3v) is 4.55. The third kappa shape index (κ3) is 3.42. The largest absolute Gasteiger partial charge is 0.493 e. The first kappa shape index (κ1) is 18.6. The monoisotopic (exact) mass is 394 g/mol. The van der Waals surface area contributed by atoms with Crippen molar-refractivity contribution >= 4 is 27.9 Å². The quantitative estimate of drug-likeness (QED) is 0.371. The molecular weight excluding hydrogens is 376 g/mol. The lowest BCUT2D eigenvalue weighted by molar-refractivity contribution is -0.147. The highest BCUT2D eigenvalue weighted by Crippen LogP contribution is 2.36. The average molecular weight is 394 g/mol. The van der Waals surface area contributed by atoms with Gasteiger partial charge < -0.3 is 23.0 Å². The fourth-order valence-corrected chi connectivity index (χ4v) is 3.17. The molecule has 7 heteroatoms. The lowest BCUT2D eigenvalue weighted by atomic mass is 10.1. The molecule has 0 saturated heterocycles. The van der Waals surface area contributed by atoms with Crippen LogP contribution in [0.15, 0.2) is 62.2 Å². The summed E-state index contributed by atoms with van der Waals surface area (Å²) in [6.07, 6.45) is -0.785. The normalized spacial score (nSPS) is 12.1. The van der Waals surface area contributed by atoms with Gasteiger partial charge in [0, 0.05) is 22.4 Å². The predicted molar refractivity (Wildman–Crippen MR) is 106 cm³/mol. The van der Waals surface area contributed by atoms with Crippen LogP contribution >= 0.6 is 0 Å². The van der Waals surface area contributed by atoms with Crippen LogP contribution in [-0.4, -0.2) is 26.3 Å². The summed E-state index contributed by atoms with van der Waals surface area (Å²) in [5.74, 6) is 1.02. The molecule has 7 nitrogen and oxygen atoms in total. The Kier molecular flexibility index (Phi) is 4.72. The van der Waals surface area contributed by atoms with Crippen LogP contribution in [-0.2, 0) is 9.53 Å². The molecule has 0 aliphatic carbocycles. The molecule has 0 aliphatic heterocycles. The minimum Gasteiger partial charge on any atom is -0.493 e. The van der Waals surface area contributed by atoms with Crippen LogP contribution in [0.1, 0.15) is 6.92 Å². The molecule has 1 atom stereocenters. The highest BCUT2D eigenvalue weighted by Gasteiger charge is 2.18. The van der Waals surface area contributed by atoms with Gasteiger partial charge in [-0.2, -0.15) is 0 Å². The number of furan rings is 1. The summed E-state index contributed by atoms with van der Waals surface area (Å²) in [6, 6.07) is 13.7. The van der Waals surface area contributed by atoms with E-state index in [0.717, 1.165) is 5.39 Å². The average Bonchev–Trinajstić information content (AvgIpc) is 3.16. The summed E-state index contributed by atoms with van der Waals surface area (Å²) < 4.78 is 27.0. The number of hydrogen-bond acceptors (Lipinski definition) is 7. The third-order valence-electron chi connectivity index (χ3n) is 4.55. The second-order valence-electron chi connectivity index (χ2n) is 6.41. The molecule has 0 spiro atoms. The Morgan fingerprint density at radius 3 is 2.62 bits per heavy atom. The molecule has 2 heterocycles. The van der Waals surface area contributed by atoms with Gasteiger partial charge in [-0.05, 0) is 37.3 Å². The van der Waals surface area contributed by atoms with Gasteiger partial charge in [-0.3, -0.25) is 0 Å². The molecule has 2 aromatic carbocycles. The van der Waals surface area contributed by atoms with Gasteiger partial charge in [-0.15, -0.1) is 0 Å². The van der Waals surface area contributed by atoms with Crippen LogP contribution in [0.3, 0.4) is 0 Å². The summed E-state index contributed by atoms with van der Waals surface area (Å²) in [5.41, 5.74) is 0.998. The van der Waals surface area contributed by atoms with Crippen molar-refractivity contribution < 1.29 is 27.8 Å². The molecule has 148 valence electrons. The molecule has 29 heavy (non-hydrogen) atoms. The number of rotatable bonds is 5. The van der Waals surface area contributed by atoms with E-state index in [2.05, 4.69) is 4.74 Å². The molecule has 0 bridgehead atoms. The molecule has 4 rings (SSSR count). The van der Waals surface area contributed by atoms with Gasteiger partial charge in [-0.1, -0.05) is 12.1 Å². The molecule has 0 amide bonds. The molecular formula is C22H18O7. The van der Waals surface area contributed by atoms with Crippen molar-refractivity contribution in [1.29, 1.82) is 0 Å². The second kappa shape index (κ2) is 7.35. The van der Waals surface area contributed by atoms with Gasteiger partial charge in [0.05, 0.1) is 14.2 Å². The van der Waals surface area contributed by atoms with E-state index in [1.165, 1.54) is 13.2 Å². The summed E-state index contributed by atoms with van der Waals surface area (Å²) in [6.45, 7) is 1.59. The molecule has 0 saturated carbocycles. The van der Waals surface area contributed by atoms with E-state index in [0.29, 0.717) is 39.4 Å². The van der Waals surface area contributed by atoms with Crippen LogP contribution in [0, 0.1) is 0 Å². The lowest BCUT2D eigenvalue weighted by Gasteiger charge is -2.13. The number of methoxy groups -OCH3 is 2. The first-order chi connectivity index (χ1) is 14.0. The molecule has 2 aromatic heterocycles. The number of para-hydroxylation sites is 1. The second-order valence-corrected chi connectivity index (χ2v) is 6.41. The number of ether oxygens (including phenoxy) is 3. The minimum absolute atomic E-state index is 0.373. The number of carbonyl (C=O) groups excluding carboxylic acids is 1. The van der Waals surface area contributed by atoms with Gasteiger partial charge in [0.25, 0.3) is 0 Å². The Bertz CT molecular complexity index is 1270. The van der Waals surface area contributed by atoms with Crippen molar-refractivity contribution in [1.82, 2.24) is 0 Å². The minimum atomic E-state index is -0.785. The molecule has 0 N–H and O–H groups in total. The number of esters is 1. The first-order valence-corrected chi connectivity index (χ1v) is 8.89. The van der Waals surface area contributed by atoms with E-state index in [-0.39, 0.29) is 0 Å². The Morgan fingerprint density at radius 2 is 1.86 bits per heavy atom. The summed E-state index contributed by atoms with van der Waals surface area (Å²) >= 11 is 0. The summed E-state index contributed by atoms with van der Waals surface area (Å²) in [7, 11) is 2.86. The zero-order valence-corrected chi connectivity index (χ0v) is 16.1. The maximum absolute atomic E-state index is 12.1.